The lowest BCUT2D eigenvalue weighted by Gasteiger charge is -2.12. The Morgan fingerprint density at radius 3 is 2.94 bits per heavy atom. The van der Waals surface area contributed by atoms with Crippen LogP contribution in [0, 0.1) is 0 Å². The van der Waals surface area contributed by atoms with Crippen molar-refractivity contribution in [3.63, 3.8) is 0 Å². The Kier molecular flexibility index (Phi) is 3.16. The molecular weight excluding hydrogens is 278 g/mol. The summed E-state index contributed by atoms with van der Waals surface area (Å²) in [6, 6.07) is 6.17. The molecule has 0 atom stereocenters. The Balaban J connectivity index is 1.72. The van der Waals surface area contributed by atoms with Gasteiger partial charge < -0.3 is 9.88 Å². The normalized spacial score (nSPS) is 17.0. The van der Waals surface area contributed by atoms with Crippen LogP contribution < -0.4 is 0 Å². The van der Waals surface area contributed by atoms with Crippen LogP contribution in [-0.2, 0) is 6.42 Å². The number of aromatic nitrogens is 2. The molecule has 0 amide bonds. The number of nitrogens with zero attached hydrogens (tertiary/aromatic N) is 2. The quantitative estimate of drug-likeness (QED) is 0.944. The molecule has 0 radical (unpaired) electrons. The molecule has 0 bridgehead atoms. The summed E-state index contributed by atoms with van der Waals surface area (Å²) in [5.41, 5.74) is 2.18. The Bertz CT molecular complexity index is 514. The van der Waals surface area contributed by atoms with Gasteiger partial charge in [-0.1, -0.05) is 15.9 Å². The summed E-state index contributed by atoms with van der Waals surface area (Å²) >= 11 is 3.48. The average Bonchev–Trinajstić information content (AvgIpc) is 2.94. The van der Waals surface area contributed by atoms with Crippen LogP contribution in [0.15, 0.2) is 22.7 Å². The molecule has 1 saturated heterocycles. The van der Waals surface area contributed by atoms with Crippen molar-refractivity contribution in [3.05, 3.63) is 28.5 Å². The average molecular weight is 294 g/mol. The van der Waals surface area contributed by atoms with Crippen LogP contribution in [0.1, 0.15) is 18.7 Å². The van der Waals surface area contributed by atoms with Gasteiger partial charge in [0.25, 0.3) is 0 Å². The first-order valence-corrected chi connectivity index (χ1v) is 6.97. The van der Waals surface area contributed by atoms with Crippen molar-refractivity contribution < 1.29 is 0 Å². The fourth-order valence-corrected chi connectivity index (χ4v) is 2.78. The molecule has 17 heavy (non-hydrogen) atoms. The van der Waals surface area contributed by atoms with E-state index < -0.39 is 0 Å². The molecule has 4 heteroatoms. The van der Waals surface area contributed by atoms with Crippen molar-refractivity contribution >= 4 is 27.0 Å². The molecule has 90 valence electrons. The van der Waals surface area contributed by atoms with E-state index in [-0.39, 0.29) is 0 Å². The highest BCUT2D eigenvalue weighted by Crippen LogP contribution is 2.18. The molecule has 3 rings (SSSR count). The van der Waals surface area contributed by atoms with Crippen molar-refractivity contribution in [2.45, 2.75) is 19.3 Å². The van der Waals surface area contributed by atoms with E-state index in [1.807, 2.05) is 6.07 Å². The summed E-state index contributed by atoms with van der Waals surface area (Å²) in [5, 5.41) is 0. The molecule has 2 aromatic rings. The first-order valence-electron chi connectivity index (χ1n) is 6.18. The number of rotatable bonds is 3. The minimum absolute atomic E-state index is 1.02. The predicted molar refractivity (Wildman–Crippen MR) is 73.2 cm³/mol. The maximum Gasteiger partial charge on any atom is 0.108 e. The summed E-state index contributed by atoms with van der Waals surface area (Å²) in [5.74, 6) is 1.10. The fourth-order valence-electron chi connectivity index (χ4n) is 2.42. The highest BCUT2D eigenvalue weighted by Gasteiger charge is 2.12. The molecule has 0 saturated carbocycles. The Hall–Kier alpha value is -0.870. The maximum absolute atomic E-state index is 4.61. The Morgan fingerprint density at radius 2 is 2.12 bits per heavy atom. The van der Waals surface area contributed by atoms with Crippen LogP contribution >= 0.6 is 15.9 Å². The van der Waals surface area contributed by atoms with E-state index in [1.165, 1.54) is 25.9 Å². The van der Waals surface area contributed by atoms with Gasteiger partial charge in [0.2, 0.25) is 0 Å². The van der Waals surface area contributed by atoms with Crippen LogP contribution in [-0.4, -0.2) is 34.5 Å². The molecule has 1 fully saturated rings. The number of nitrogens with one attached hydrogen (secondary N) is 1. The predicted octanol–water partition coefficient (Wildman–Crippen LogP) is 2.96. The van der Waals surface area contributed by atoms with Crippen LogP contribution in [0.2, 0.25) is 0 Å². The maximum atomic E-state index is 4.61. The first kappa shape index (κ1) is 11.2. The van der Waals surface area contributed by atoms with Gasteiger partial charge in [0.1, 0.15) is 5.82 Å². The molecule has 1 aromatic heterocycles. The number of H-pyrrole nitrogens is 1. The van der Waals surface area contributed by atoms with Crippen LogP contribution in [0.3, 0.4) is 0 Å². The largest absolute Gasteiger partial charge is 0.342 e. The lowest BCUT2D eigenvalue weighted by Crippen LogP contribution is -2.22. The van der Waals surface area contributed by atoms with E-state index in [4.69, 9.17) is 0 Å². The molecule has 3 nitrogen and oxygen atoms in total. The highest BCUT2D eigenvalue weighted by molar-refractivity contribution is 9.10. The van der Waals surface area contributed by atoms with Crippen LogP contribution in [0.5, 0.6) is 0 Å². The van der Waals surface area contributed by atoms with E-state index in [9.17, 15) is 0 Å². The molecule has 0 unspecified atom stereocenters. The van der Waals surface area contributed by atoms with Crippen molar-refractivity contribution in [1.82, 2.24) is 14.9 Å². The number of hydrogen-bond acceptors (Lipinski definition) is 2. The zero-order chi connectivity index (χ0) is 11.7. The summed E-state index contributed by atoms with van der Waals surface area (Å²) in [7, 11) is 0. The minimum Gasteiger partial charge on any atom is -0.342 e. The van der Waals surface area contributed by atoms with Crippen LogP contribution in [0.25, 0.3) is 11.0 Å². The molecule has 1 aliphatic heterocycles. The second kappa shape index (κ2) is 4.78. The van der Waals surface area contributed by atoms with E-state index in [2.05, 4.69) is 42.9 Å². The van der Waals surface area contributed by atoms with Gasteiger partial charge in [0, 0.05) is 17.4 Å². The van der Waals surface area contributed by atoms with E-state index >= 15 is 0 Å². The van der Waals surface area contributed by atoms with Gasteiger partial charge in [-0.2, -0.15) is 0 Å². The minimum atomic E-state index is 1.02. The van der Waals surface area contributed by atoms with Crippen LogP contribution in [0.4, 0.5) is 0 Å². The SMILES string of the molecule is Brc1ccc2nc(CCN3CCCC3)[nH]c2c1. The van der Waals surface area contributed by atoms with Crippen molar-refractivity contribution in [1.29, 1.82) is 0 Å². The van der Waals surface area contributed by atoms with E-state index in [0.29, 0.717) is 0 Å². The van der Waals surface area contributed by atoms with E-state index in [1.54, 1.807) is 0 Å². The molecule has 1 aliphatic rings. The van der Waals surface area contributed by atoms with Gasteiger partial charge in [0.15, 0.2) is 0 Å². The second-order valence-corrected chi connectivity index (χ2v) is 5.56. The smallest absolute Gasteiger partial charge is 0.108 e. The lowest BCUT2D eigenvalue weighted by molar-refractivity contribution is 0.341. The third kappa shape index (κ3) is 2.53. The number of likely N-dealkylation sites (tertiary alicyclic amines) is 1. The van der Waals surface area contributed by atoms with Gasteiger partial charge in [-0.25, -0.2) is 4.98 Å². The topological polar surface area (TPSA) is 31.9 Å². The lowest BCUT2D eigenvalue weighted by atomic mass is 10.3. The summed E-state index contributed by atoms with van der Waals surface area (Å²) in [4.78, 5) is 10.5. The summed E-state index contributed by atoms with van der Waals surface area (Å²) in [6.45, 7) is 3.64. The third-order valence-electron chi connectivity index (χ3n) is 3.36. The molecule has 2 heterocycles. The Morgan fingerprint density at radius 1 is 1.29 bits per heavy atom. The van der Waals surface area contributed by atoms with Crippen molar-refractivity contribution in [3.8, 4) is 0 Å². The number of halogens is 1. The standard InChI is InChI=1S/C13H16BrN3/c14-10-3-4-11-12(9-10)16-13(15-11)5-8-17-6-1-2-7-17/h3-4,9H,1-2,5-8H2,(H,15,16). The summed E-state index contributed by atoms with van der Waals surface area (Å²) in [6.07, 6.45) is 3.73. The second-order valence-electron chi connectivity index (χ2n) is 4.64. The molecule has 1 aromatic carbocycles. The Labute approximate surface area is 109 Å². The van der Waals surface area contributed by atoms with Gasteiger partial charge in [-0.3, -0.25) is 0 Å². The zero-order valence-electron chi connectivity index (χ0n) is 9.75. The monoisotopic (exact) mass is 293 g/mol. The van der Waals surface area contributed by atoms with Gasteiger partial charge in [-0.05, 0) is 44.1 Å². The number of benzene rings is 1. The number of aromatic amines is 1. The number of hydrogen-bond donors (Lipinski definition) is 1. The third-order valence-corrected chi connectivity index (χ3v) is 3.85. The highest BCUT2D eigenvalue weighted by atomic mass is 79.9. The number of imidazole rings is 1. The van der Waals surface area contributed by atoms with Crippen molar-refractivity contribution in [2.24, 2.45) is 0 Å². The molecule has 1 N–H and O–H groups in total. The van der Waals surface area contributed by atoms with E-state index in [0.717, 1.165) is 34.3 Å². The van der Waals surface area contributed by atoms with Gasteiger partial charge in [0.05, 0.1) is 11.0 Å². The molecule has 0 aliphatic carbocycles. The zero-order valence-corrected chi connectivity index (χ0v) is 11.3. The first-order chi connectivity index (χ1) is 8.31. The fraction of sp³-hybridized carbons (Fsp3) is 0.462. The molecule has 0 spiro atoms. The van der Waals surface area contributed by atoms with Crippen molar-refractivity contribution in [2.75, 3.05) is 19.6 Å². The van der Waals surface area contributed by atoms with Gasteiger partial charge in [-0.15, -0.1) is 0 Å². The summed E-state index contributed by atoms with van der Waals surface area (Å²) < 4.78 is 1.10. The number of fused-ring (bicyclic) bond motifs is 1. The molecular formula is C13H16BrN3. The van der Waals surface area contributed by atoms with Gasteiger partial charge >= 0.3 is 0 Å².